The normalized spacial score (nSPS) is 17.2. The first-order valence-corrected chi connectivity index (χ1v) is 7.30. The number of nitrogens with zero attached hydrogens (tertiary/aromatic N) is 2. The van der Waals surface area contributed by atoms with Crippen molar-refractivity contribution in [2.75, 3.05) is 0 Å². The van der Waals surface area contributed by atoms with Crippen LogP contribution < -0.4 is 5.73 Å². The van der Waals surface area contributed by atoms with Gasteiger partial charge in [0.2, 0.25) is 11.7 Å². The molecule has 1 saturated carbocycles. The molecular formula is C13H13BrClN3O. The van der Waals surface area contributed by atoms with Crippen LogP contribution >= 0.6 is 27.5 Å². The molecule has 100 valence electrons. The highest BCUT2D eigenvalue weighted by atomic mass is 79.9. The molecule has 0 amide bonds. The van der Waals surface area contributed by atoms with Gasteiger partial charge in [-0.3, -0.25) is 0 Å². The third-order valence-electron chi connectivity index (χ3n) is 3.50. The Morgan fingerprint density at radius 1 is 1.42 bits per heavy atom. The molecule has 2 N–H and O–H groups in total. The van der Waals surface area contributed by atoms with Gasteiger partial charge in [0.05, 0.1) is 5.02 Å². The maximum Gasteiger partial charge on any atom is 0.228 e. The lowest BCUT2D eigenvalue weighted by atomic mass is 9.75. The van der Waals surface area contributed by atoms with E-state index in [1.807, 2.05) is 12.1 Å². The number of benzene rings is 1. The first-order valence-electron chi connectivity index (χ1n) is 6.13. The zero-order valence-electron chi connectivity index (χ0n) is 10.2. The van der Waals surface area contributed by atoms with Crippen molar-refractivity contribution in [3.05, 3.63) is 33.6 Å². The molecule has 4 nitrogen and oxygen atoms in total. The Morgan fingerprint density at radius 3 is 2.84 bits per heavy atom. The number of rotatable bonds is 3. The van der Waals surface area contributed by atoms with Gasteiger partial charge in [0, 0.05) is 22.0 Å². The molecule has 0 bridgehead atoms. The summed E-state index contributed by atoms with van der Waals surface area (Å²) in [5.74, 6) is 1.17. The molecule has 0 spiro atoms. The third-order valence-corrected chi connectivity index (χ3v) is 4.71. The lowest BCUT2D eigenvalue weighted by Gasteiger charge is -2.36. The molecular weight excluding hydrogens is 330 g/mol. The van der Waals surface area contributed by atoms with E-state index in [0.717, 1.165) is 22.9 Å². The molecule has 0 saturated heterocycles. The predicted molar refractivity (Wildman–Crippen MR) is 76.9 cm³/mol. The van der Waals surface area contributed by atoms with E-state index in [9.17, 15) is 0 Å². The summed E-state index contributed by atoms with van der Waals surface area (Å²) in [7, 11) is 0. The lowest BCUT2D eigenvalue weighted by molar-refractivity contribution is 0.222. The molecule has 0 unspecified atom stereocenters. The van der Waals surface area contributed by atoms with Crippen molar-refractivity contribution < 1.29 is 4.52 Å². The Kier molecular flexibility index (Phi) is 3.37. The average Bonchev–Trinajstić information content (AvgIpc) is 2.79. The van der Waals surface area contributed by atoms with Crippen LogP contribution in [0, 0.1) is 0 Å². The van der Waals surface area contributed by atoms with Crippen LogP contribution in [-0.2, 0) is 6.42 Å². The van der Waals surface area contributed by atoms with Crippen LogP contribution in [0.25, 0.3) is 11.4 Å². The predicted octanol–water partition coefficient (Wildman–Crippen LogP) is 3.58. The topological polar surface area (TPSA) is 64.9 Å². The fourth-order valence-corrected chi connectivity index (χ4v) is 2.68. The molecule has 2 aromatic rings. The Balaban J connectivity index is 1.82. The lowest BCUT2D eigenvalue weighted by Crippen LogP contribution is -2.48. The molecule has 1 aromatic carbocycles. The second-order valence-corrected chi connectivity index (χ2v) is 6.29. The average molecular weight is 343 g/mol. The van der Waals surface area contributed by atoms with Gasteiger partial charge in [0.25, 0.3) is 0 Å². The molecule has 19 heavy (non-hydrogen) atoms. The number of aromatic nitrogens is 2. The van der Waals surface area contributed by atoms with Gasteiger partial charge in [-0.15, -0.1) is 0 Å². The first-order chi connectivity index (χ1) is 9.06. The zero-order valence-corrected chi connectivity index (χ0v) is 12.5. The van der Waals surface area contributed by atoms with Crippen molar-refractivity contribution in [1.29, 1.82) is 0 Å². The maximum absolute atomic E-state index is 6.17. The molecule has 0 radical (unpaired) electrons. The minimum atomic E-state index is -0.148. The minimum Gasteiger partial charge on any atom is -0.339 e. The van der Waals surface area contributed by atoms with Crippen LogP contribution in [0.5, 0.6) is 0 Å². The van der Waals surface area contributed by atoms with Crippen molar-refractivity contribution >= 4 is 27.5 Å². The van der Waals surface area contributed by atoms with E-state index < -0.39 is 0 Å². The summed E-state index contributed by atoms with van der Waals surface area (Å²) in [5, 5.41) is 4.65. The van der Waals surface area contributed by atoms with Crippen molar-refractivity contribution in [3.63, 3.8) is 0 Å². The summed E-state index contributed by atoms with van der Waals surface area (Å²) in [5.41, 5.74) is 6.89. The quantitative estimate of drug-likeness (QED) is 0.926. The molecule has 0 atom stereocenters. The highest BCUT2D eigenvalue weighted by molar-refractivity contribution is 9.10. The Hall–Kier alpha value is -0.910. The molecule has 3 rings (SSSR count). The van der Waals surface area contributed by atoms with Gasteiger partial charge in [0.15, 0.2) is 0 Å². The SMILES string of the molecule is NC1(Cc2nc(-c3ccc(Cl)c(Br)c3)no2)CCC1. The standard InChI is InChI=1S/C13H13BrClN3O/c14-9-6-8(2-3-10(9)15)12-17-11(19-18-12)7-13(16)4-1-5-13/h2-3,6H,1,4-5,7,16H2. The fourth-order valence-electron chi connectivity index (χ4n) is 2.19. The van der Waals surface area contributed by atoms with Crippen LogP contribution in [0.2, 0.25) is 5.02 Å². The van der Waals surface area contributed by atoms with E-state index >= 15 is 0 Å². The molecule has 0 aliphatic heterocycles. The second kappa shape index (κ2) is 4.89. The van der Waals surface area contributed by atoms with Crippen LogP contribution in [0.15, 0.2) is 27.2 Å². The molecule has 1 heterocycles. The maximum atomic E-state index is 6.17. The zero-order chi connectivity index (χ0) is 13.5. The minimum absolute atomic E-state index is 0.148. The van der Waals surface area contributed by atoms with Crippen molar-refractivity contribution in [2.24, 2.45) is 5.73 Å². The van der Waals surface area contributed by atoms with E-state index in [4.69, 9.17) is 21.9 Å². The number of hydrogen-bond donors (Lipinski definition) is 1. The Bertz CT molecular complexity index is 610. The molecule has 1 fully saturated rings. The van der Waals surface area contributed by atoms with Gasteiger partial charge in [-0.05, 0) is 53.4 Å². The molecule has 6 heteroatoms. The summed E-state index contributed by atoms with van der Waals surface area (Å²) in [4.78, 5) is 4.40. The number of hydrogen-bond acceptors (Lipinski definition) is 4. The molecule has 1 aliphatic carbocycles. The Morgan fingerprint density at radius 2 is 2.21 bits per heavy atom. The summed E-state index contributed by atoms with van der Waals surface area (Å²) >= 11 is 9.34. The number of halogens is 2. The largest absolute Gasteiger partial charge is 0.339 e. The Labute approximate surface area is 124 Å². The van der Waals surface area contributed by atoms with Gasteiger partial charge in [-0.1, -0.05) is 16.8 Å². The fraction of sp³-hybridized carbons (Fsp3) is 0.385. The van der Waals surface area contributed by atoms with E-state index in [0.29, 0.717) is 23.2 Å². The summed E-state index contributed by atoms with van der Waals surface area (Å²) in [6, 6.07) is 5.54. The van der Waals surface area contributed by atoms with Crippen molar-refractivity contribution in [1.82, 2.24) is 10.1 Å². The van der Waals surface area contributed by atoms with E-state index in [-0.39, 0.29) is 5.54 Å². The summed E-state index contributed by atoms with van der Waals surface area (Å²) < 4.78 is 6.08. The van der Waals surface area contributed by atoms with Crippen LogP contribution in [-0.4, -0.2) is 15.7 Å². The van der Waals surface area contributed by atoms with Gasteiger partial charge in [0.1, 0.15) is 0 Å². The van der Waals surface area contributed by atoms with Gasteiger partial charge < -0.3 is 10.3 Å². The molecule has 1 aromatic heterocycles. The third kappa shape index (κ3) is 2.68. The van der Waals surface area contributed by atoms with Crippen molar-refractivity contribution in [2.45, 2.75) is 31.2 Å². The summed E-state index contributed by atoms with van der Waals surface area (Å²) in [6.07, 6.45) is 3.88. The van der Waals surface area contributed by atoms with E-state index in [2.05, 4.69) is 26.1 Å². The van der Waals surface area contributed by atoms with E-state index in [1.54, 1.807) is 6.07 Å². The second-order valence-electron chi connectivity index (χ2n) is 5.03. The van der Waals surface area contributed by atoms with Crippen LogP contribution in [0.3, 0.4) is 0 Å². The number of nitrogens with two attached hydrogens (primary N) is 1. The van der Waals surface area contributed by atoms with Gasteiger partial charge in [-0.2, -0.15) is 4.98 Å². The monoisotopic (exact) mass is 341 g/mol. The summed E-state index contributed by atoms with van der Waals surface area (Å²) in [6.45, 7) is 0. The van der Waals surface area contributed by atoms with Gasteiger partial charge in [-0.25, -0.2) is 0 Å². The van der Waals surface area contributed by atoms with Gasteiger partial charge >= 0.3 is 0 Å². The van der Waals surface area contributed by atoms with Crippen LogP contribution in [0.4, 0.5) is 0 Å². The highest BCUT2D eigenvalue weighted by Crippen LogP contribution is 2.33. The first kappa shape index (κ1) is 13.1. The van der Waals surface area contributed by atoms with E-state index in [1.165, 1.54) is 6.42 Å². The molecule has 1 aliphatic rings. The van der Waals surface area contributed by atoms with Crippen molar-refractivity contribution in [3.8, 4) is 11.4 Å². The highest BCUT2D eigenvalue weighted by Gasteiger charge is 2.34. The smallest absolute Gasteiger partial charge is 0.228 e. The van der Waals surface area contributed by atoms with Crippen LogP contribution in [0.1, 0.15) is 25.2 Å².